The minimum absolute atomic E-state index is 0.100. The van der Waals surface area contributed by atoms with Crippen LogP contribution >= 0.6 is 0 Å². The molecule has 0 bridgehead atoms. The highest BCUT2D eigenvalue weighted by Gasteiger charge is 2.46. The third kappa shape index (κ3) is 4.03. The molecule has 1 N–H and O–H groups in total. The minimum Gasteiger partial charge on any atom is -0.345 e. The summed E-state index contributed by atoms with van der Waals surface area (Å²) in [5.41, 5.74) is 1.92. The Hall–Kier alpha value is -3.10. The van der Waals surface area contributed by atoms with Gasteiger partial charge in [0, 0.05) is 32.7 Å². The van der Waals surface area contributed by atoms with Crippen LogP contribution in [0.2, 0.25) is 0 Å². The molecule has 3 aromatic rings. The van der Waals surface area contributed by atoms with E-state index in [4.69, 9.17) is 0 Å². The van der Waals surface area contributed by atoms with E-state index in [1.807, 2.05) is 41.0 Å². The van der Waals surface area contributed by atoms with Crippen LogP contribution in [-0.2, 0) is 26.2 Å². The van der Waals surface area contributed by atoms with Crippen molar-refractivity contribution >= 4 is 5.91 Å². The van der Waals surface area contributed by atoms with Crippen molar-refractivity contribution in [3.05, 3.63) is 83.2 Å². The van der Waals surface area contributed by atoms with E-state index in [1.54, 1.807) is 12.1 Å². The maximum Gasteiger partial charge on any atom is 0.289 e. The summed E-state index contributed by atoms with van der Waals surface area (Å²) < 4.78 is 15.6. The largest absolute Gasteiger partial charge is 0.345 e. The van der Waals surface area contributed by atoms with Crippen molar-refractivity contribution in [2.45, 2.75) is 38.1 Å². The monoisotopic (exact) mass is 434 g/mol. The Bertz CT molecular complexity index is 1120. The van der Waals surface area contributed by atoms with E-state index in [1.165, 1.54) is 6.07 Å². The summed E-state index contributed by atoms with van der Waals surface area (Å²) in [5.74, 6) is 0.770. The molecule has 5 rings (SSSR count). The van der Waals surface area contributed by atoms with Gasteiger partial charge < -0.3 is 9.88 Å². The van der Waals surface area contributed by atoms with Gasteiger partial charge in [0.2, 0.25) is 5.82 Å². The summed E-state index contributed by atoms with van der Waals surface area (Å²) in [5, 5.41) is 11.5. The van der Waals surface area contributed by atoms with Gasteiger partial charge in [0.05, 0.1) is 12.1 Å². The van der Waals surface area contributed by atoms with Gasteiger partial charge in [-0.15, -0.1) is 10.2 Å². The highest BCUT2D eigenvalue weighted by atomic mass is 19.1. The molecule has 1 saturated heterocycles. The van der Waals surface area contributed by atoms with Crippen LogP contribution in [0, 0.1) is 5.82 Å². The van der Waals surface area contributed by atoms with Crippen LogP contribution in [0.25, 0.3) is 0 Å². The maximum atomic E-state index is 13.6. The molecule has 0 aliphatic carbocycles. The molecule has 1 atom stereocenters. The van der Waals surface area contributed by atoms with E-state index in [0.717, 1.165) is 36.5 Å². The van der Waals surface area contributed by atoms with Crippen LogP contribution < -0.4 is 5.32 Å². The summed E-state index contributed by atoms with van der Waals surface area (Å²) >= 11 is 0. The van der Waals surface area contributed by atoms with Gasteiger partial charge >= 0.3 is 0 Å². The summed E-state index contributed by atoms with van der Waals surface area (Å²) in [6.45, 7) is 4.25. The van der Waals surface area contributed by atoms with Crippen molar-refractivity contribution in [2.24, 2.45) is 0 Å². The summed E-state index contributed by atoms with van der Waals surface area (Å²) in [7, 11) is 2.11. The van der Waals surface area contributed by atoms with Crippen molar-refractivity contribution in [2.75, 3.05) is 20.1 Å². The van der Waals surface area contributed by atoms with E-state index >= 15 is 0 Å². The van der Waals surface area contributed by atoms with Crippen molar-refractivity contribution in [1.29, 1.82) is 0 Å². The lowest BCUT2D eigenvalue weighted by Gasteiger charge is -2.42. The Balaban J connectivity index is 1.29. The lowest BCUT2D eigenvalue weighted by molar-refractivity contribution is 0.0648. The molecule has 0 saturated carbocycles. The minimum atomic E-state index is -0.207. The van der Waals surface area contributed by atoms with E-state index in [0.29, 0.717) is 32.0 Å². The van der Waals surface area contributed by atoms with Gasteiger partial charge in [0.1, 0.15) is 11.6 Å². The predicted molar refractivity (Wildman–Crippen MR) is 118 cm³/mol. The number of fused-ring (bicyclic) bond motifs is 1. The number of benzene rings is 2. The zero-order valence-corrected chi connectivity index (χ0v) is 18.2. The fourth-order valence-electron chi connectivity index (χ4n) is 4.85. The number of nitrogens with one attached hydrogen (secondary N) is 1. The zero-order chi connectivity index (χ0) is 22.1. The van der Waals surface area contributed by atoms with Crippen LogP contribution in [0.1, 0.15) is 34.0 Å². The topological polar surface area (TPSA) is 66.3 Å². The summed E-state index contributed by atoms with van der Waals surface area (Å²) in [6.07, 6.45) is 0.974. The van der Waals surface area contributed by atoms with Gasteiger partial charge in [-0.2, -0.15) is 0 Å². The number of amides is 1. The van der Waals surface area contributed by atoms with Gasteiger partial charge in [-0.05, 0) is 36.7 Å². The predicted octanol–water partition coefficient (Wildman–Crippen LogP) is 2.44. The average Bonchev–Trinajstić information content (AvgIpc) is 3.38. The summed E-state index contributed by atoms with van der Waals surface area (Å²) in [4.78, 5) is 17.6. The molecule has 166 valence electrons. The second-order valence-electron chi connectivity index (χ2n) is 8.87. The van der Waals surface area contributed by atoms with Crippen LogP contribution in [0.15, 0.2) is 54.6 Å². The molecule has 1 aromatic heterocycles. The molecule has 32 heavy (non-hydrogen) atoms. The Kier molecular flexibility index (Phi) is 5.48. The molecular weight excluding hydrogens is 407 g/mol. The molecule has 0 unspecified atom stereocenters. The number of likely N-dealkylation sites (N-methyl/N-ethyl adjacent to an activating group) is 1. The maximum absolute atomic E-state index is 13.6. The number of carbonyl (C=O) groups excluding carboxylic acids is 1. The number of carbonyl (C=O) groups is 1. The molecule has 7 nitrogen and oxygen atoms in total. The Morgan fingerprint density at radius 2 is 1.91 bits per heavy atom. The SMILES string of the molecule is CN1Cc2nnc(C(=O)NCc3ccccc3)n2C[C@]12CCN(Cc1cccc(F)c1)C2. The zero-order valence-electron chi connectivity index (χ0n) is 18.2. The third-order valence-electron chi connectivity index (χ3n) is 6.67. The van der Waals surface area contributed by atoms with Crippen molar-refractivity contribution in [3.8, 4) is 0 Å². The standard InChI is InChI=1S/C24H27FN6O/c1-29-15-21-27-28-22(23(32)26-13-18-6-3-2-4-7-18)31(21)17-24(29)10-11-30(16-24)14-19-8-5-9-20(25)12-19/h2-9,12H,10-11,13-17H2,1H3,(H,26,32)/t24-/m1/s1. The number of nitrogens with zero attached hydrogens (tertiary/aromatic N) is 5. The molecule has 0 radical (unpaired) electrons. The van der Waals surface area contributed by atoms with Gasteiger partial charge in [0.15, 0.2) is 0 Å². The highest BCUT2D eigenvalue weighted by Crippen LogP contribution is 2.34. The van der Waals surface area contributed by atoms with Gasteiger partial charge in [-0.1, -0.05) is 42.5 Å². The van der Waals surface area contributed by atoms with E-state index in [2.05, 4.69) is 32.4 Å². The Morgan fingerprint density at radius 1 is 1.09 bits per heavy atom. The second-order valence-corrected chi connectivity index (χ2v) is 8.87. The van der Waals surface area contributed by atoms with Crippen molar-refractivity contribution in [3.63, 3.8) is 0 Å². The molecule has 1 spiro atoms. The molecular formula is C24H27FN6O. The lowest BCUT2D eigenvalue weighted by atomic mass is 9.94. The van der Waals surface area contributed by atoms with E-state index in [9.17, 15) is 9.18 Å². The van der Waals surface area contributed by atoms with Gasteiger partial charge in [-0.25, -0.2) is 4.39 Å². The highest BCUT2D eigenvalue weighted by molar-refractivity contribution is 5.90. The second kappa shape index (κ2) is 8.44. The fourth-order valence-corrected chi connectivity index (χ4v) is 4.85. The Morgan fingerprint density at radius 3 is 2.72 bits per heavy atom. The van der Waals surface area contributed by atoms with E-state index in [-0.39, 0.29) is 17.3 Å². The van der Waals surface area contributed by atoms with Gasteiger partial charge in [-0.3, -0.25) is 14.6 Å². The van der Waals surface area contributed by atoms with Crippen LogP contribution in [0.5, 0.6) is 0 Å². The first-order chi connectivity index (χ1) is 15.5. The fraction of sp³-hybridized carbons (Fsp3) is 0.375. The number of likely N-dealkylation sites (tertiary alicyclic amines) is 1. The smallest absolute Gasteiger partial charge is 0.289 e. The molecule has 3 heterocycles. The average molecular weight is 435 g/mol. The van der Waals surface area contributed by atoms with Gasteiger partial charge in [0.25, 0.3) is 5.91 Å². The number of hydrogen-bond acceptors (Lipinski definition) is 5. The first kappa shape index (κ1) is 20.8. The lowest BCUT2D eigenvalue weighted by Crippen LogP contribution is -2.55. The number of aromatic nitrogens is 3. The first-order valence-electron chi connectivity index (χ1n) is 10.9. The summed E-state index contributed by atoms with van der Waals surface area (Å²) in [6, 6.07) is 16.6. The van der Waals surface area contributed by atoms with Crippen LogP contribution in [0.4, 0.5) is 4.39 Å². The number of hydrogen-bond donors (Lipinski definition) is 1. The van der Waals surface area contributed by atoms with Crippen molar-refractivity contribution in [1.82, 2.24) is 29.9 Å². The third-order valence-corrected chi connectivity index (χ3v) is 6.67. The molecule has 2 aliphatic heterocycles. The van der Waals surface area contributed by atoms with Crippen molar-refractivity contribution < 1.29 is 9.18 Å². The molecule has 1 fully saturated rings. The molecule has 1 amide bonds. The van der Waals surface area contributed by atoms with E-state index < -0.39 is 0 Å². The first-order valence-corrected chi connectivity index (χ1v) is 10.9. The van der Waals surface area contributed by atoms with Crippen LogP contribution in [-0.4, -0.2) is 56.1 Å². The number of rotatable bonds is 5. The molecule has 2 aliphatic rings. The quantitative estimate of drug-likeness (QED) is 0.668. The molecule has 2 aromatic carbocycles. The van der Waals surface area contributed by atoms with Crippen LogP contribution in [0.3, 0.4) is 0 Å². The molecule has 8 heteroatoms. The normalized spacial score (nSPS) is 21.1. The number of halogens is 1. The Labute approximate surface area is 186 Å².